The maximum Gasteiger partial charge on any atom is 0.191 e. The van der Waals surface area contributed by atoms with Gasteiger partial charge in [0.15, 0.2) is 15.6 Å². The van der Waals surface area contributed by atoms with Crippen molar-refractivity contribution in [2.45, 2.75) is 35.8 Å². The van der Waals surface area contributed by atoms with E-state index in [0.717, 1.165) is 12.8 Å². The van der Waals surface area contributed by atoms with Crippen molar-refractivity contribution in [3.05, 3.63) is 30.3 Å². The number of hydrogen-bond acceptors (Lipinski definition) is 3. The van der Waals surface area contributed by atoms with Crippen molar-refractivity contribution < 1.29 is 13.2 Å². The number of benzene rings is 1. The summed E-state index contributed by atoms with van der Waals surface area (Å²) in [6.07, 6.45) is 2.10. The molecule has 1 aromatic carbocycles. The molecule has 3 atom stereocenters. The lowest BCUT2D eigenvalue weighted by atomic mass is 9.99. The Morgan fingerprint density at radius 2 is 1.89 bits per heavy atom. The van der Waals surface area contributed by atoms with Gasteiger partial charge in [0.25, 0.3) is 0 Å². The Morgan fingerprint density at radius 3 is 2.50 bits per heavy atom. The molecule has 0 aromatic heterocycles. The van der Waals surface area contributed by atoms with E-state index in [1.165, 1.54) is 0 Å². The zero-order chi connectivity index (χ0) is 13.0. The van der Waals surface area contributed by atoms with Crippen molar-refractivity contribution in [1.29, 1.82) is 0 Å². The van der Waals surface area contributed by atoms with Crippen LogP contribution in [0.15, 0.2) is 35.2 Å². The van der Waals surface area contributed by atoms with Crippen LogP contribution in [0.1, 0.15) is 26.2 Å². The molecule has 4 heteroatoms. The lowest BCUT2D eigenvalue weighted by Gasteiger charge is -2.21. The number of carbonyl (C=O) groups excluding carboxylic acids is 1. The highest BCUT2D eigenvalue weighted by atomic mass is 32.2. The third-order valence-corrected chi connectivity index (χ3v) is 7.26. The number of Topliss-reactive ketones (excluding diaryl/α,β-unsaturated/α-hetero) is 1. The minimum Gasteiger partial charge on any atom is -0.298 e. The maximum atomic E-state index is 12.8. The number of carbonyl (C=O) groups is 1. The summed E-state index contributed by atoms with van der Waals surface area (Å²) in [5.74, 6) is -0.0724. The first-order valence-corrected chi connectivity index (χ1v) is 7.84. The van der Waals surface area contributed by atoms with Gasteiger partial charge in [0.05, 0.1) is 4.90 Å². The second kappa shape index (κ2) is 3.67. The first kappa shape index (κ1) is 11.9. The second-order valence-electron chi connectivity index (χ2n) is 5.32. The quantitative estimate of drug-likeness (QED) is 0.823. The molecule has 3 rings (SSSR count). The van der Waals surface area contributed by atoms with Gasteiger partial charge in [-0.1, -0.05) is 25.1 Å². The third kappa shape index (κ3) is 1.24. The van der Waals surface area contributed by atoms with Crippen molar-refractivity contribution in [2.24, 2.45) is 11.8 Å². The van der Waals surface area contributed by atoms with Crippen LogP contribution in [0.25, 0.3) is 0 Å². The average molecular weight is 264 g/mol. The number of sulfone groups is 1. The Hall–Kier alpha value is -1.16. The number of ketones is 1. The number of hydrogen-bond donors (Lipinski definition) is 0. The van der Waals surface area contributed by atoms with Crippen molar-refractivity contribution in [3.63, 3.8) is 0 Å². The predicted octanol–water partition coefficient (Wildman–Crippen LogP) is 2.22. The van der Waals surface area contributed by atoms with Gasteiger partial charge in [0.2, 0.25) is 0 Å². The summed E-state index contributed by atoms with van der Waals surface area (Å²) in [6.45, 7) is 1.90. The molecule has 2 aliphatic rings. The summed E-state index contributed by atoms with van der Waals surface area (Å²) in [6, 6.07) is 8.38. The molecule has 2 aliphatic carbocycles. The molecule has 18 heavy (non-hydrogen) atoms. The van der Waals surface area contributed by atoms with Gasteiger partial charge in [-0.05, 0) is 36.8 Å². The van der Waals surface area contributed by atoms with E-state index in [1.54, 1.807) is 30.3 Å². The summed E-state index contributed by atoms with van der Waals surface area (Å²) in [5, 5.41) is 0. The monoisotopic (exact) mass is 264 g/mol. The summed E-state index contributed by atoms with van der Waals surface area (Å²) < 4.78 is 24.4. The molecule has 3 nitrogen and oxygen atoms in total. The Kier molecular flexibility index (Phi) is 2.43. The van der Waals surface area contributed by atoms with Crippen molar-refractivity contribution in [3.8, 4) is 0 Å². The molecule has 0 bridgehead atoms. The van der Waals surface area contributed by atoms with Gasteiger partial charge in [-0.3, -0.25) is 4.79 Å². The summed E-state index contributed by atoms with van der Waals surface area (Å²) in [5.41, 5.74) is 0. The summed E-state index contributed by atoms with van der Waals surface area (Å²) in [4.78, 5) is 12.5. The minimum atomic E-state index is -3.54. The zero-order valence-electron chi connectivity index (χ0n) is 10.3. The van der Waals surface area contributed by atoms with Gasteiger partial charge in [0.1, 0.15) is 4.75 Å². The molecule has 2 fully saturated rings. The predicted molar refractivity (Wildman–Crippen MR) is 67.9 cm³/mol. The molecule has 0 N–H and O–H groups in total. The maximum absolute atomic E-state index is 12.8. The van der Waals surface area contributed by atoms with Gasteiger partial charge < -0.3 is 0 Å². The topological polar surface area (TPSA) is 51.2 Å². The number of fused-ring (bicyclic) bond motifs is 1. The van der Waals surface area contributed by atoms with Crippen LogP contribution in [0.4, 0.5) is 0 Å². The van der Waals surface area contributed by atoms with E-state index in [9.17, 15) is 13.2 Å². The highest BCUT2D eigenvalue weighted by Gasteiger charge is 2.74. The van der Waals surface area contributed by atoms with Crippen molar-refractivity contribution in [2.75, 3.05) is 0 Å². The van der Waals surface area contributed by atoms with Gasteiger partial charge >= 0.3 is 0 Å². The van der Waals surface area contributed by atoms with E-state index >= 15 is 0 Å². The van der Waals surface area contributed by atoms with E-state index in [1.807, 2.05) is 6.92 Å². The minimum absolute atomic E-state index is 0.0299. The Morgan fingerprint density at radius 1 is 1.22 bits per heavy atom. The molecule has 3 unspecified atom stereocenters. The highest BCUT2D eigenvalue weighted by Crippen LogP contribution is 2.63. The van der Waals surface area contributed by atoms with Crippen LogP contribution in [0, 0.1) is 11.8 Å². The van der Waals surface area contributed by atoms with Crippen LogP contribution in [0.5, 0.6) is 0 Å². The molecular weight excluding hydrogens is 248 g/mol. The summed E-state index contributed by atoms with van der Waals surface area (Å²) >= 11 is 0. The highest BCUT2D eigenvalue weighted by molar-refractivity contribution is 7.94. The Labute approximate surface area is 107 Å². The van der Waals surface area contributed by atoms with E-state index in [2.05, 4.69) is 0 Å². The molecule has 0 radical (unpaired) electrons. The lowest BCUT2D eigenvalue weighted by Crippen LogP contribution is -2.38. The standard InChI is InChI=1S/C14H16O3S/c1-10-12-8-5-9-13(15)14(10,12)18(16,17)11-6-3-2-4-7-11/h2-4,6-7,10,12H,5,8-9H2,1H3. The molecule has 96 valence electrons. The molecule has 1 aromatic rings. The second-order valence-corrected chi connectivity index (χ2v) is 7.47. The van der Waals surface area contributed by atoms with E-state index < -0.39 is 14.6 Å². The third-order valence-electron chi connectivity index (χ3n) is 4.57. The van der Waals surface area contributed by atoms with Crippen molar-refractivity contribution in [1.82, 2.24) is 0 Å². The molecule has 2 saturated carbocycles. The lowest BCUT2D eigenvalue weighted by molar-refractivity contribution is -0.120. The van der Waals surface area contributed by atoms with Crippen LogP contribution in [-0.4, -0.2) is 18.9 Å². The van der Waals surface area contributed by atoms with Crippen molar-refractivity contribution >= 4 is 15.6 Å². The van der Waals surface area contributed by atoms with Crippen LogP contribution in [0.3, 0.4) is 0 Å². The fourth-order valence-corrected chi connectivity index (χ4v) is 6.22. The SMILES string of the molecule is CC1C2CCCC(=O)C12S(=O)(=O)c1ccccc1. The fourth-order valence-electron chi connectivity index (χ4n) is 3.61. The molecule has 0 heterocycles. The van der Waals surface area contributed by atoms with Crippen LogP contribution in [0.2, 0.25) is 0 Å². The normalized spacial score (nSPS) is 35.1. The fraction of sp³-hybridized carbons (Fsp3) is 0.500. The first-order valence-electron chi connectivity index (χ1n) is 6.36. The molecule has 0 spiro atoms. The van der Waals surface area contributed by atoms with Gasteiger partial charge in [0, 0.05) is 6.42 Å². The smallest absolute Gasteiger partial charge is 0.191 e. The Bertz CT molecular complexity index is 591. The molecule has 0 aliphatic heterocycles. The number of rotatable bonds is 2. The van der Waals surface area contributed by atoms with E-state index in [0.29, 0.717) is 6.42 Å². The van der Waals surface area contributed by atoms with Crippen LogP contribution < -0.4 is 0 Å². The van der Waals surface area contributed by atoms with Gasteiger partial charge in [-0.25, -0.2) is 8.42 Å². The molecule has 0 amide bonds. The van der Waals surface area contributed by atoms with E-state index in [4.69, 9.17) is 0 Å². The van der Waals surface area contributed by atoms with Gasteiger partial charge in [-0.2, -0.15) is 0 Å². The average Bonchev–Trinajstić information content (AvgIpc) is 3.00. The summed E-state index contributed by atoms with van der Waals surface area (Å²) in [7, 11) is -3.54. The van der Waals surface area contributed by atoms with Crippen LogP contribution in [-0.2, 0) is 14.6 Å². The first-order chi connectivity index (χ1) is 8.53. The largest absolute Gasteiger partial charge is 0.298 e. The zero-order valence-corrected chi connectivity index (χ0v) is 11.1. The molecular formula is C14H16O3S. The van der Waals surface area contributed by atoms with E-state index in [-0.39, 0.29) is 22.5 Å². The van der Waals surface area contributed by atoms with Gasteiger partial charge in [-0.15, -0.1) is 0 Å². The Balaban J connectivity index is 2.13. The van der Waals surface area contributed by atoms with Crippen LogP contribution >= 0.6 is 0 Å². The molecule has 0 saturated heterocycles.